The SMILES string of the molecule is CCc1nccn1CC1(CNC(=O)[C@@H]2CC(=O)OC23CCCCC3)CC1. The number of nitrogens with zero attached hydrogens (tertiary/aromatic N) is 2. The average Bonchev–Trinajstić information content (AvgIpc) is 3.13. The Hall–Kier alpha value is -1.85. The van der Waals surface area contributed by atoms with Crippen molar-refractivity contribution in [3.63, 3.8) is 0 Å². The first-order valence-electron chi connectivity index (χ1n) is 10.1. The van der Waals surface area contributed by atoms with Gasteiger partial charge in [0, 0.05) is 37.3 Å². The molecule has 1 atom stereocenters. The third kappa shape index (κ3) is 3.26. The van der Waals surface area contributed by atoms with Crippen LogP contribution in [-0.4, -0.2) is 33.6 Å². The summed E-state index contributed by atoms with van der Waals surface area (Å²) in [5, 5.41) is 3.16. The average molecular weight is 359 g/mol. The van der Waals surface area contributed by atoms with E-state index in [1.807, 2.05) is 12.4 Å². The largest absolute Gasteiger partial charge is 0.458 e. The molecule has 142 valence electrons. The van der Waals surface area contributed by atoms with Gasteiger partial charge in [-0.15, -0.1) is 0 Å². The zero-order chi connectivity index (χ0) is 18.2. The van der Waals surface area contributed by atoms with Crippen molar-refractivity contribution in [2.24, 2.45) is 11.3 Å². The van der Waals surface area contributed by atoms with Gasteiger partial charge in [-0.2, -0.15) is 0 Å². The van der Waals surface area contributed by atoms with Gasteiger partial charge in [-0.05, 0) is 38.5 Å². The van der Waals surface area contributed by atoms with E-state index in [2.05, 4.69) is 21.8 Å². The number of hydrogen-bond donors (Lipinski definition) is 1. The topological polar surface area (TPSA) is 73.2 Å². The molecule has 6 heteroatoms. The summed E-state index contributed by atoms with van der Waals surface area (Å²) < 4.78 is 7.89. The van der Waals surface area contributed by atoms with Crippen molar-refractivity contribution < 1.29 is 14.3 Å². The van der Waals surface area contributed by atoms with Crippen LogP contribution in [0.4, 0.5) is 0 Å². The number of amides is 1. The molecule has 1 saturated heterocycles. The number of rotatable bonds is 6. The van der Waals surface area contributed by atoms with Crippen LogP contribution in [0.2, 0.25) is 0 Å². The van der Waals surface area contributed by atoms with Crippen molar-refractivity contribution in [1.29, 1.82) is 0 Å². The van der Waals surface area contributed by atoms with Gasteiger partial charge >= 0.3 is 5.97 Å². The van der Waals surface area contributed by atoms with Gasteiger partial charge in [0.1, 0.15) is 11.4 Å². The second-order valence-electron chi connectivity index (χ2n) is 8.40. The first kappa shape index (κ1) is 17.6. The highest BCUT2D eigenvalue weighted by Gasteiger charge is 2.53. The molecule has 26 heavy (non-hydrogen) atoms. The summed E-state index contributed by atoms with van der Waals surface area (Å²) in [6.07, 6.45) is 12.2. The summed E-state index contributed by atoms with van der Waals surface area (Å²) in [5.41, 5.74) is -0.390. The van der Waals surface area contributed by atoms with Crippen LogP contribution < -0.4 is 5.32 Å². The third-order valence-corrected chi connectivity index (χ3v) is 6.56. The Morgan fingerprint density at radius 2 is 2.08 bits per heavy atom. The summed E-state index contributed by atoms with van der Waals surface area (Å²) in [6.45, 7) is 3.69. The molecule has 0 unspecified atom stereocenters. The predicted octanol–water partition coefficient (Wildman–Crippen LogP) is 2.61. The molecule has 1 aromatic rings. The van der Waals surface area contributed by atoms with Gasteiger partial charge < -0.3 is 14.6 Å². The minimum absolute atomic E-state index is 0.00497. The highest BCUT2D eigenvalue weighted by atomic mass is 16.6. The predicted molar refractivity (Wildman–Crippen MR) is 96.3 cm³/mol. The highest BCUT2D eigenvalue weighted by Crippen LogP contribution is 2.48. The molecule has 3 aliphatic rings. The summed E-state index contributed by atoms with van der Waals surface area (Å²) >= 11 is 0. The third-order valence-electron chi connectivity index (χ3n) is 6.56. The van der Waals surface area contributed by atoms with E-state index in [0.29, 0.717) is 6.54 Å². The second kappa shape index (κ2) is 6.71. The molecular formula is C20H29N3O3. The van der Waals surface area contributed by atoms with Crippen molar-refractivity contribution in [2.75, 3.05) is 6.54 Å². The summed E-state index contributed by atoms with van der Waals surface area (Å²) in [7, 11) is 0. The van der Waals surface area contributed by atoms with E-state index in [1.165, 1.54) is 6.42 Å². The normalized spacial score (nSPS) is 25.9. The zero-order valence-electron chi connectivity index (χ0n) is 15.6. The van der Waals surface area contributed by atoms with Crippen molar-refractivity contribution in [2.45, 2.75) is 76.9 Å². The fourth-order valence-corrected chi connectivity index (χ4v) is 4.75. The molecule has 0 bridgehead atoms. The molecule has 0 aromatic carbocycles. The zero-order valence-corrected chi connectivity index (χ0v) is 15.6. The molecule has 2 aliphatic carbocycles. The van der Waals surface area contributed by atoms with Gasteiger partial charge in [0.2, 0.25) is 5.91 Å². The number of ether oxygens (including phenoxy) is 1. The molecule has 1 spiro atoms. The minimum atomic E-state index is -0.532. The molecule has 1 aromatic heterocycles. The fraction of sp³-hybridized carbons (Fsp3) is 0.750. The molecule has 1 amide bonds. The number of carbonyl (C=O) groups is 2. The molecular weight excluding hydrogens is 330 g/mol. The molecule has 1 aliphatic heterocycles. The van der Waals surface area contributed by atoms with Crippen molar-refractivity contribution in [1.82, 2.24) is 14.9 Å². The first-order valence-corrected chi connectivity index (χ1v) is 10.1. The van der Waals surface area contributed by atoms with E-state index in [0.717, 1.165) is 57.3 Å². The molecule has 6 nitrogen and oxygen atoms in total. The number of nitrogens with one attached hydrogen (secondary N) is 1. The van der Waals surface area contributed by atoms with Crippen molar-refractivity contribution in [3.8, 4) is 0 Å². The molecule has 2 heterocycles. The van der Waals surface area contributed by atoms with E-state index in [4.69, 9.17) is 4.74 Å². The maximum absolute atomic E-state index is 12.9. The van der Waals surface area contributed by atoms with Crippen LogP contribution in [0.1, 0.15) is 64.1 Å². The van der Waals surface area contributed by atoms with Gasteiger partial charge in [0.15, 0.2) is 0 Å². The van der Waals surface area contributed by atoms with E-state index in [1.54, 1.807) is 0 Å². The molecule has 2 saturated carbocycles. The molecule has 0 radical (unpaired) electrons. The van der Waals surface area contributed by atoms with Gasteiger partial charge in [0.05, 0.1) is 12.3 Å². The standard InChI is InChI=1S/C20H29N3O3/c1-2-16-21-10-11-23(16)14-19(8-9-19)13-22-18(25)15-12-17(24)26-20(15)6-4-3-5-7-20/h10-11,15H,2-9,12-14H2,1H3,(H,22,25)/t15-/m0/s1. The number of aromatic nitrogens is 2. The van der Waals surface area contributed by atoms with Crippen LogP contribution in [0, 0.1) is 11.3 Å². The van der Waals surface area contributed by atoms with E-state index < -0.39 is 5.60 Å². The number of esters is 1. The number of carbonyl (C=O) groups excluding carboxylic acids is 2. The number of imidazole rings is 1. The lowest BCUT2D eigenvalue weighted by atomic mass is 9.75. The van der Waals surface area contributed by atoms with Gasteiger partial charge in [-0.25, -0.2) is 4.98 Å². The second-order valence-corrected chi connectivity index (χ2v) is 8.40. The van der Waals surface area contributed by atoms with Crippen LogP contribution >= 0.6 is 0 Å². The maximum Gasteiger partial charge on any atom is 0.307 e. The lowest BCUT2D eigenvalue weighted by Crippen LogP contribution is -2.47. The Morgan fingerprint density at radius 1 is 1.31 bits per heavy atom. The quantitative estimate of drug-likeness (QED) is 0.793. The van der Waals surface area contributed by atoms with Crippen LogP contribution in [0.15, 0.2) is 12.4 Å². The summed E-state index contributed by atoms with van der Waals surface area (Å²) in [4.78, 5) is 29.2. The van der Waals surface area contributed by atoms with Crippen LogP contribution in [0.5, 0.6) is 0 Å². The Kier molecular flexibility index (Phi) is 4.53. The minimum Gasteiger partial charge on any atom is -0.458 e. The van der Waals surface area contributed by atoms with Crippen LogP contribution in [-0.2, 0) is 27.3 Å². The van der Waals surface area contributed by atoms with Gasteiger partial charge in [-0.1, -0.05) is 13.3 Å². The van der Waals surface area contributed by atoms with Crippen LogP contribution in [0.25, 0.3) is 0 Å². The van der Waals surface area contributed by atoms with E-state index in [-0.39, 0.29) is 29.6 Å². The van der Waals surface area contributed by atoms with E-state index in [9.17, 15) is 9.59 Å². The number of aryl methyl sites for hydroxylation is 1. The Labute approximate surface area is 154 Å². The Bertz CT molecular complexity index is 686. The van der Waals surface area contributed by atoms with Gasteiger partial charge in [-0.3, -0.25) is 9.59 Å². The molecule has 1 N–H and O–H groups in total. The van der Waals surface area contributed by atoms with Gasteiger partial charge in [0.25, 0.3) is 0 Å². The summed E-state index contributed by atoms with van der Waals surface area (Å²) in [5.74, 6) is 0.577. The first-order chi connectivity index (χ1) is 12.6. The lowest BCUT2D eigenvalue weighted by molar-refractivity contribution is -0.153. The van der Waals surface area contributed by atoms with Crippen LogP contribution in [0.3, 0.4) is 0 Å². The molecule has 4 rings (SSSR count). The maximum atomic E-state index is 12.9. The lowest BCUT2D eigenvalue weighted by Gasteiger charge is -2.36. The monoisotopic (exact) mass is 359 g/mol. The highest BCUT2D eigenvalue weighted by molar-refractivity contribution is 5.87. The smallest absolute Gasteiger partial charge is 0.307 e. The van der Waals surface area contributed by atoms with Crippen molar-refractivity contribution >= 4 is 11.9 Å². The molecule has 3 fully saturated rings. The van der Waals surface area contributed by atoms with Crippen molar-refractivity contribution in [3.05, 3.63) is 18.2 Å². The Balaban J connectivity index is 1.38. The van der Waals surface area contributed by atoms with E-state index >= 15 is 0 Å². The number of hydrogen-bond acceptors (Lipinski definition) is 4. The summed E-state index contributed by atoms with van der Waals surface area (Å²) in [6, 6.07) is 0. The Morgan fingerprint density at radius 3 is 2.77 bits per heavy atom. The fourth-order valence-electron chi connectivity index (χ4n) is 4.75.